The Labute approximate surface area is 96.1 Å². The monoisotopic (exact) mass is 222 g/mol. The molecule has 0 atom stereocenters. The first-order chi connectivity index (χ1) is 7.26. The van der Waals surface area contributed by atoms with Crippen LogP contribution in [-0.2, 0) is 0 Å². The average molecular weight is 222 g/mol. The minimum atomic E-state index is -0.948. The van der Waals surface area contributed by atoms with Crippen LogP contribution in [0.2, 0.25) is 0 Å². The van der Waals surface area contributed by atoms with E-state index in [1.54, 1.807) is 38.1 Å². The van der Waals surface area contributed by atoms with E-state index in [2.05, 4.69) is 0 Å². The smallest absolute Gasteiger partial charge is 0.150 e. The van der Waals surface area contributed by atoms with Gasteiger partial charge < -0.3 is 9.84 Å². The highest BCUT2D eigenvalue weighted by Crippen LogP contribution is 2.27. The SMILES string of the molecule is CC(C)(O)C(C)(C)Oc1ccc(C=O)cc1. The Morgan fingerprint density at radius 2 is 1.62 bits per heavy atom. The van der Waals surface area contributed by atoms with Crippen LogP contribution in [0, 0.1) is 0 Å². The Balaban J connectivity index is 2.84. The molecule has 0 heterocycles. The average Bonchev–Trinajstić information content (AvgIpc) is 2.16. The molecule has 0 aromatic heterocycles. The topological polar surface area (TPSA) is 46.5 Å². The van der Waals surface area contributed by atoms with Gasteiger partial charge in [0.05, 0.1) is 5.60 Å². The van der Waals surface area contributed by atoms with Crippen LogP contribution in [0.4, 0.5) is 0 Å². The number of ether oxygens (including phenoxy) is 1. The first-order valence-electron chi connectivity index (χ1n) is 5.23. The van der Waals surface area contributed by atoms with Gasteiger partial charge in [-0.25, -0.2) is 0 Å². The molecule has 3 heteroatoms. The molecule has 0 aliphatic heterocycles. The van der Waals surface area contributed by atoms with E-state index in [9.17, 15) is 9.90 Å². The van der Waals surface area contributed by atoms with E-state index in [1.165, 1.54) is 0 Å². The lowest BCUT2D eigenvalue weighted by molar-refractivity contribution is -0.0906. The molecular weight excluding hydrogens is 204 g/mol. The Bertz CT molecular complexity index is 358. The first-order valence-corrected chi connectivity index (χ1v) is 5.23. The fourth-order valence-corrected chi connectivity index (χ4v) is 1.03. The lowest BCUT2D eigenvalue weighted by Crippen LogP contribution is -2.49. The molecule has 0 saturated heterocycles. The van der Waals surface area contributed by atoms with Gasteiger partial charge in [-0.05, 0) is 52.0 Å². The number of aliphatic hydroxyl groups is 1. The van der Waals surface area contributed by atoms with Crippen molar-refractivity contribution in [3.05, 3.63) is 29.8 Å². The van der Waals surface area contributed by atoms with Crippen LogP contribution in [0.15, 0.2) is 24.3 Å². The summed E-state index contributed by atoms with van der Waals surface area (Å²) in [4.78, 5) is 10.5. The standard InChI is InChI=1S/C13H18O3/c1-12(2,15)13(3,4)16-11-7-5-10(9-14)6-8-11/h5-9,15H,1-4H3. The van der Waals surface area contributed by atoms with Crippen LogP contribution in [0.1, 0.15) is 38.1 Å². The summed E-state index contributed by atoms with van der Waals surface area (Å²) in [6, 6.07) is 6.81. The van der Waals surface area contributed by atoms with Crippen LogP contribution < -0.4 is 4.74 Å². The van der Waals surface area contributed by atoms with Crippen LogP contribution in [-0.4, -0.2) is 22.6 Å². The van der Waals surface area contributed by atoms with Gasteiger partial charge in [0, 0.05) is 5.56 Å². The van der Waals surface area contributed by atoms with E-state index >= 15 is 0 Å². The normalized spacial score (nSPS) is 12.3. The zero-order chi connectivity index (χ0) is 12.4. The van der Waals surface area contributed by atoms with E-state index in [4.69, 9.17) is 4.74 Å². The van der Waals surface area contributed by atoms with Gasteiger partial charge in [-0.15, -0.1) is 0 Å². The van der Waals surface area contributed by atoms with Gasteiger partial charge >= 0.3 is 0 Å². The van der Waals surface area contributed by atoms with Crippen molar-refractivity contribution in [1.29, 1.82) is 0 Å². The summed E-state index contributed by atoms with van der Waals surface area (Å²) in [5.74, 6) is 0.637. The number of hydrogen-bond acceptors (Lipinski definition) is 3. The van der Waals surface area contributed by atoms with Crippen LogP contribution in [0.25, 0.3) is 0 Å². The fourth-order valence-electron chi connectivity index (χ4n) is 1.03. The molecule has 0 unspecified atom stereocenters. The molecule has 0 aliphatic rings. The molecule has 1 N–H and O–H groups in total. The third-order valence-electron chi connectivity index (χ3n) is 2.86. The Morgan fingerprint density at radius 1 is 1.12 bits per heavy atom. The third kappa shape index (κ3) is 2.83. The summed E-state index contributed by atoms with van der Waals surface area (Å²) in [7, 11) is 0. The van der Waals surface area contributed by atoms with Gasteiger partial charge in [-0.2, -0.15) is 0 Å². The van der Waals surface area contributed by atoms with E-state index in [0.29, 0.717) is 11.3 Å². The number of benzene rings is 1. The van der Waals surface area contributed by atoms with Crippen LogP contribution in [0.3, 0.4) is 0 Å². The van der Waals surface area contributed by atoms with Gasteiger partial charge in [-0.3, -0.25) is 4.79 Å². The molecule has 1 aromatic rings. The molecule has 0 fully saturated rings. The fraction of sp³-hybridized carbons (Fsp3) is 0.462. The molecule has 88 valence electrons. The van der Waals surface area contributed by atoms with Crippen molar-refractivity contribution in [3.63, 3.8) is 0 Å². The minimum Gasteiger partial charge on any atom is -0.485 e. The number of aldehydes is 1. The Morgan fingerprint density at radius 3 is 2.00 bits per heavy atom. The van der Waals surface area contributed by atoms with Gasteiger partial charge in [0.15, 0.2) is 0 Å². The van der Waals surface area contributed by atoms with Crippen molar-refractivity contribution < 1.29 is 14.6 Å². The van der Waals surface area contributed by atoms with Crippen molar-refractivity contribution in [2.75, 3.05) is 0 Å². The van der Waals surface area contributed by atoms with E-state index in [1.807, 2.05) is 13.8 Å². The number of carbonyl (C=O) groups excluding carboxylic acids is 1. The minimum absolute atomic E-state index is 0.605. The molecule has 0 spiro atoms. The summed E-state index contributed by atoms with van der Waals surface area (Å²) < 4.78 is 5.70. The highest BCUT2D eigenvalue weighted by Gasteiger charge is 2.37. The van der Waals surface area contributed by atoms with Gasteiger partial charge in [-0.1, -0.05) is 0 Å². The number of hydrogen-bond donors (Lipinski definition) is 1. The molecule has 0 saturated carbocycles. The largest absolute Gasteiger partial charge is 0.485 e. The molecule has 0 aliphatic carbocycles. The molecule has 0 amide bonds. The van der Waals surface area contributed by atoms with Crippen molar-refractivity contribution >= 4 is 6.29 Å². The lowest BCUT2D eigenvalue weighted by Gasteiger charge is -2.37. The zero-order valence-electron chi connectivity index (χ0n) is 10.2. The second kappa shape index (κ2) is 4.26. The maximum atomic E-state index is 10.5. The van der Waals surface area contributed by atoms with Crippen LogP contribution in [0.5, 0.6) is 5.75 Å². The maximum Gasteiger partial charge on any atom is 0.150 e. The van der Waals surface area contributed by atoms with E-state index in [0.717, 1.165) is 6.29 Å². The molecule has 0 bridgehead atoms. The predicted molar refractivity (Wildman–Crippen MR) is 62.8 cm³/mol. The summed E-state index contributed by atoms with van der Waals surface area (Å²) in [5, 5.41) is 9.93. The van der Waals surface area contributed by atoms with Gasteiger partial charge in [0.1, 0.15) is 17.6 Å². The first kappa shape index (κ1) is 12.7. The third-order valence-corrected chi connectivity index (χ3v) is 2.86. The van der Waals surface area contributed by atoms with Crippen molar-refractivity contribution in [2.24, 2.45) is 0 Å². The summed E-state index contributed by atoms with van der Waals surface area (Å²) in [5.41, 5.74) is -1.04. The summed E-state index contributed by atoms with van der Waals surface area (Å²) >= 11 is 0. The Kier molecular flexibility index (Phi) is 3.38. The maximum absolute atomic E-state index is 10.5. The van der Waals surface area contributed by atoms with Crippen molar-refractivity contribution in [3.8, 4) is 5.75 Å². The summed E-state index contributed by atoms with van der Waals surface area (Å²) in [6.45, 7) is 7.04. The Hall–Kier alpha value is -1.35. The predicted octanol–water partition coefficient (Wildman–Crippen LogP) is 2.43. The van der Waals surface area contributed by atoms with Gasteiger partial charge in [0.25, 0.3) is 0 Å². The second-order valence-electron chi connectivity index (χ2n) is 4.86. The van der Waals surface area contributed by atoms with Crippen molar-refractivity contribution in [2.45, 2.75) is 38.9 Å². The highest BCUT2D eigenvalue weighted by molar-refractivity contribution is 5.74. The molecular formula is C13H18O3. The van der Waals surface area contributed by atoms with E-state index < -0.39 is 11.2 Å². The lowest BCUT2D eigenvalue weighted by atomic mass is 9.89. The number of carbonyl (C=O) groups is 1. The molecule has 1 rings (SSSR count). The second-order valence-corrected chi connectivity index (χ2v) is 4.86. The zero-order valence-corrected chi connectivity index (χ0v) is 10.2. The van der Waals surface area contributed by atoms with Crippen LogP contribution >= 0.6 is 0 Å². The molecule has 0 radical (unpaired) electrons. The number of rotatable bonds is 4. The molecule has 3 nitrogen and oxygen atoms in total. The van der Waals surface area contributed by atoms with E-state index in [-0.39, 0.29) is 0 Å². The van der Waals surface area contributed by atoms with Crippen molar-refractivity contribution in [1.82, 2.24) is 0 Å². The quantitative estimate of drug-likeness (QED) is 0.796. The summed E-state index contributed by atoms with van der Waals surface area (Å²) in [6.07, 6.45) is 0.783. The highest BCUT2D eigenvalue weighted by atomic mass is 16.5. The molecule has 16 heavy (non-hydrogen) atoms. The molecule has 1 aromatic carbocycles. The van der Waals surface area contributed by atoms with Gasteiger partial charge in [0.2, 0.25) is 0 Å².